The molecule has 4 nitrogen and oxygen atoms in total. The summed E-state index contributed by atoms with van der Waals surface area (Å²) in [6.45, 7) is -0.0350. The molecule has 1 aromatic carbocycles. The predicted molar refractivity (Wildman–Crippen MR) is 57.0 cm³/mol. The number of rotatable bonds is 4. The first-order valence-electron chi connectivity index (χ1n) is 5.12. The van der Waals surface area contributed by atoms with Crippen molar-refractivity contribution < 1.29 is 28.2 Å². The molecule has 0 aliphatic heterocycles. The molecule has 0 aliphatic carbocycles. The molecular weight excluding hydrogens is 251 g/mol. The average molecular weight is 263 g/mol. The van der Waals surface area contributed by atoms with Crippen LogP contribution in [0.15, 0.2) is 24.3 Å². The second-order valence-electron chi connectivity index (χ2n) is 3.66. The Labute approximate surface area is 101 Å². The summed E-state index contributed by atoms with van der Waals surface area (Å²) < 4.78 is 37.3. The largest absolute Gasteiger partial charge is 0.465 e. The van der Waals surface area contributed by atoms with Gasteiger partial charge < -0.3 is 15.5 Å². The van der Waals surface area contributed by atoms with Crippen molar-refractivity contribution in [1.29, 1.82) is 0 Å². The van der Waals surface area contributed by atoms with Crippen LogP contribution in [0.5, 0.6) is 0 Å². The molecule has 0 spiro atoms. The Kier molecular flexibility index (Phi) is 4.55. The van der Waals surface area contributed by atoms with E-state index in [0.717, 1.165) is 12.1 Å². The maximum atomic E-state index is 12.4. The number of amides is 1. The summed E-state index contributed by atoms with van der Waals surface area (Å²) in [6.07, 6.45) is -6.84. The normalized spacial score (nSPS) is 13.1. The Balaban J connectivity index is 2.68. The fourth-order valence-electron chi connectivity index (χ4n) is 1.40. The van der Waals surface area contributed by atoms with Crippen molar-refractivity contribution in [3.63, 3.8) is 0 Å². The van der Waals surface area contributed by atoms with Crippen LogP contribution in [0.1, 0.15) is 23.7 Å². The third kappa shape index (κ3) is 4.25. The quantitative estimate of drug-likeness (QED) is 0.781. The van der Waals surface area contributed by atoms with E-state index < -0.39 is 23.9 Å². The van der Waals surface area contributed by atoms with Crippen LogP contribution in [0, 0.1) is 0 Å². The van der Waals surface area contributed by atoms with Gasteiger partial charge in [0.05, 0.1) is 11.7 Å². The number of carboxylic acid groups (broad SMARTS) is 1. The maximum Gasteiger partial charge on any atom is 0.416 e. The summed E-state index contributed by atoms with van der Waals surface area (Å²) >= 11 is 0. The van der Waals surface area contributed by atoms with Crippen LogP contribution >= 0.6 is 0 Å². The Morgan fingerprint density at radius 3 is 2.61 bits per heavy atom. The number of aliphatic hydroxyl groups excluding tert-OH is 1. The summed E-state index contributed by atoms with van der Waals surface area (Å²) in [5.41, 5.74) is -0.734. The SMILES string of the molecule is O=C(O)NCC[C@H](O)c1cccc(C(F)(F)F)c1. The van der Waals surface area contributed by atoms with Crippen LogP contribution in [0.25, 0.3) is 0 Å². The van der Waals surface area contributed by atoms with Gasteiger partial charge in [-0.25, -0.2) is 4.79 Å². The van der Waals surface area contributed by atoms with E-state index in [4.69, 9.17) is 5.11 Å². The molecule has 0 saturated carbocycles. The van der Waals surface area contributed by atoms with Gasteiger partial charge in [-0.2, -0.15) is 13.2 Å². The first-order valence-corrected chi connectivity index (χ1v) is 5.12. The van der Waals surface area contributed by atoms with Crippen molar-refractivity contribution >= 4 is 6.09 Å². The van der Waals surface area contributed by atoms with Crippen LogP contribution in [-0.2, 0) is 6.18 Å². The lowest BCUT2D eigenvalue weighted by Gasteiger charge is -2.13. The molecule has 0 fully saturated rings. The Morgan fingerprint density at radius 1 is 1.39 bits per heavy atom. The second-order valence-corrected chi connectivity index (χ2v) is 3.66. The molecule has 0 radical (unpaired) electrons. The van der Waals surface area contributed by atoms with Crippen molar-refractivity contribution in [2.24, 2.45) is 0 Å². The number of nitrogens with one attached hydrogen (secondary N) is 1. The van der Waals surface area contributed by atoms with Gasteiger partial charge in [0.2, 0.25) is 0 Å². The van der Waals surface area contributed by atoms with Crippen LogP contribution in [0.3, 0.4) is 0 Å². The summed E-state index contributed by atoms with van der Waals surface area (Å²) in [7, 11) is 0. The molecule has 1 atom stereocenters. The highest BCUT2D eigenvalue weighted by Gasteiger charge is 2.30. The van der Waals surface area contributed by atoms with Gasteiger partial charge in [-0.05, 0) is 24.1 Å². The third-order valence-electron chi connectivity index (χ3n) is 2.29. The molecule has 0 aromatic heterocycles. The molecule has 0 unspecified atom stereocenters. The summed E-state index contributed by atoms with van der Waals surface area (Å²) in [6, 6.07) is 4.32. The molecule has 18 heavy (non-hydrogen) atoms. The van der Waals surface area contributed by atoms with E-state index in [1.165, 1.54) is 12.1 Å². The number of aliphatic hydroxyl groups is 1. The molecule has 1 aromatic rings. The third-order valence-corrected chi connectivity index (χ3v) is 2.29. The minimum absolute atomic E-state index is 0.00755. The van der Waals surface area contributed by atoms with Crippen LogP contribution in [0.4, 0.5) is 18.0 Å². The Morgan fingerprint density at radius 2 is 2.06 bits per heavy atom. The fourth-order valence-corrected chi connectivity index (χ4v) is 1.40. The molecular formula is C11H12F3NO3. The van der Waals surface area contributed by atoms with Crippen molar-refractivity contribution in [2.45, 2.75) is 18.7 Å². The predicted octanol–water partition coefficient (Wildman–Crippen LogP) is 2.40. The molecule has 100 valence electrons. The van der Waals surface area contributed by atoms with Gasteiger partial charge in [-0.15, -0.1) is 0 Å². The van der Waals surface area contributed by atoms with Crippen molar-refractivity contribution in [3.05, 3.63) is 35.4 Å². The molecule has 0 heterocycles. The molecule has 1 amide bonds. The Bertz CT molecular complexity index is 420. The standard InChI is InChI=1S/C11H12F3NO3/c12-11(13,14)8-3-1-2-7(6-8)9(16)4-5-15-10(17)18/h1-3,6,9,15-16H,4-5H2,(H,17,18)/t9-/m0/s1. The van der Waals surface area contributed by atoms with Crippen LogP contribution in [-0.4, -0.2) is 22.9 Å². The van der Waals surface area contributed by atoms with E-state index in [1.54, 1.807) is 0 Å². The van der Waals surface area contributed by atoms with E-state index >= 15 is 0 Å². The fraction of sp³-hybridized carbons (Fsp3) is 0.364. The van der Waals surface area contributed by atoms with Gasteiger partial charge in [0, 0.05) is 6.54 Å². The number of carbonyl (C=O) groups is 1. The van der Waals surface area contributed by atoms with Crippen molar-refractivity contribution in [3.8, 4) is 0 Å². The van der Waals surface area contributed by atoms with Gasteiger partial charge in [-0.1, -0.05) is 12.1 Å². The number of alkyl halides is 3. The van der Waals surface area contributed by atoms with Crippen LogP contribution in [0.2, 0.25) is 0 Å². The summed E-state index contributed by atoms with van der Waals surface area (Å²) in [4.78, 5) is 10.2. The highest BCUT2D eigenvalue weighted by atomic mass is 19.4. The molecule has 0 bridgehead atoms. The second kappa shape index (κ2) is 5.72. The Hall–Kier alpha value is -1.76. The van der Waals surface area contributed by atoms with Crippen LogP contribution < -0.4 is 5.32 Å². The first-order chi connectivity index (χ1) is 8.30. The number of hydrogen-bond donors (Lipinski definition) is 3. The highest BCUT2D eigenvalue weighted by Crippen LogP contribution is 2.31. The zero-order valence-electron chi connectivity index (χ0n) is 9.24. The van der Waals surface area contributed by atoms with Gasteiger partial charge in [0.1, 0.15) is 0 Å². The van der Waals surface area contributed by atoms with Gasteiger partial charge >= 0.3 is 12.3 Å². The summed E-state index contributed by atoms with van der Waals surface area (Å²) in [5, 5.41) is 20.0. The van der Waals surface area contributed by atoms with E-state index in [2.05, 4.69) is 0 Å². The topological polar surface area (TPSA) is 69.6 Å². The molecule has 0 aliphatic rings. The number of hydrogen-bond acceptors (Lipinski definition) is 2. The van der Waals surface area contributed by atoms with Gasteiger partial charge in [-0.3, -0.25) is 0 Å². The molecule has 1 rings (SSSR count). The lowest BCUT2D eigenvalue weighted by atomic mass is 10.0. The van der Waals surface area contributed by atoms with Gasteiger partial charge in [0.15, 0.2) is 0 Å². The molecule has 0 saturated heterocycles. The van der Waals surface area contributed by atoms with Crippen molar-refractivity contribution in [1.82, 2.24) is 5.32 Å². The van der Waals surface area contributed by atoms with E-state index in [9.17, 15) is 23.1 Å². The smallest absolute Gasteiger partial charge is 0.416 e. The first kappa shape index (κ1) is 14.3. The van der Waals surface area contributed by atoms with Crippen molar-refractivity contribution in [2.75, 3.05) is 6.54 Å². The minimum Gasteiger partial charge on any atom is -0.465 e. The van der Waals surface area contributed by atoms with Gasteiger partial charge in [0.25, 0.3) is 0 Å². The number of benzene rings is 1. The minimum atomic E-state index is -4.46. The summed E-state index contributed by atoms with van der Waals surface area (Å²) in [5.74, 6) is 0. The highest BCUT2D eigenvalue weighted by molar-refractivity contribution is 5.64. The van der Waals surface area contributed by atoms with E-state index in [1.807, 2.05) is 5.32 Å². The molecule has 7 heteroatoms. The number of halogens is 3. The average Bonchev–Trinajstić information content (AvgIpc) is 2.27. The maximum absolute atomic E-state index is 12.4. The molecule has 3 N–H and O–H groups in total. The zero-order valence-corrected chi connectivity index (χ0v) is 9.24. The zero-order chi connectivity index (χ0) is 13.8. The van der Waals surface area contributed by atoms with E-state index in [0.29, 0.717) is 0 Å². The monoisotopic (exact) mass is 263 g/mol. The lowest BCUT2D eigenvalue weighted by molar-refractivity contribution is -0.137. The lowest BCUT2D eigenvalue weighted by Crippen LogP contribution is -2.23. The van der Waals surface area contributed by atoms with E-state index in [-0.39, 0.29) is 18.5 Å².